The molecule has 2 N–H and O–H groups in total. The molecular weight excluding hydrogens is 184 g/mol. The molecule has 0 heterocycles. The van der Waals surface area contributed by atoms with E-state index in [1.165, 1.54) is 58.0 Å². The van der Waals surface area contributed by atoms with Crippen LogP contribution in [-0.2, 0) is 0 Å². The van der Waals surface area contributed by atoms with Gasteiger partial charge in [-0.1, -0.05) is 33.1 Å². The van der Waals surface area contributed by atoms with Crippen LogP contribution in [0.2, 0.25) is 0 Å². The molecule has 15 heavy (non-hydrogen) atoms. The van der Waals surface area contributed by atoms with Crippen molar-refractivity contribution in [3.05, 3.63) is 0 Å². The number of hydrogen-bond acceptors (Lipinski definition) is 2. The molecule has 0 aromatic rings. The molecule has 0 aromatic heterocycles. The lowest BCUT2D eigenvalue weighted by atomic mass is 9.82. The summed E-state index contributed by atoms with van der Waals surface area (Å²) in [5.41, 5.74) is 6.61. The third-order valence-corrected chi connectivity index (χ3v) is 3.47. The van der Waals surface area contributed by atoms with Crippen LogP contribution in [0.3, 0.4) is 0 Å². The molecule has 1 aliphatic rings. The molecule has 1 aliphatic carbocycles. The highest BCUT2D eigenvalue weighted by molar-refractivity contribution is 4.90. The average molecular weight is 212 g/mol. The van der Waals surface area contributed by atoms with Crippen molar-refractivity contribution in [2.75, 3.05) is 19.6 Å². The molecule has 0 unspecified atom stereocenters. The Balaban J connectivity index is 2.39. The van der Waals surface area contributed by atoms with E-state index in [1.54, 1.807) is 0 Å². The van der Waals surface area contributed by atoms with E-state index in [0.29, 0.717) is 0 Å². The van der Waals surface area contributed by atoms with Crippen LogP contribution in [0.15, 0.2) is 0 Å². The topological polar surface area (TPSA) is 29.3 Å². The van der Waals surface area contributed by atoms with Gasteiger partial charge in [-0.05, 0) is 38.8 Å². The van der Waals surface area contributed by atoms with Gasteiger partial charge >= 0.3 is 0 Å². The zero-order chi connectivity index (χ0) is 11.1. The van der Waals surface area contributed by atoms with Crippen molar-refractivity contribution in [3.8, 4) is 0 Å². The monoisotopic (exact) mass is 212 g/mol. The summed E-state index contributed by atoms with van der Waals surface area (Å²) < 4.78 is 0. The summed E-state index contributed by atoms with van der Waals surface area (Å²) >= 11 is 0. The molecule has 1 fully saturated rings. The Bertz CT molecular complexity index is 156. The van der Waals surface area contributed by atoms with Gasteiger partial charge in [0, 0.05) is 12.1 Å². The first-order valence-electron chi connectivity index (χ1n) is 6.71. The largest absolute Gasteiger partial charge is 0.324 e. The Morgan fingerprint density at radius 3 is 2.00 bits per heavy atom. The van der Waals surface area contributed by atoms with Crippen molar-refractivity contribution in [1.82, 2.24) is 4.90 Å². The van der Waals surface area contributed by atoms with E-state index < -0.39 is 0 Å². The van der Waals surface area contributed by atoms with Gasteiger partial charge in [0.2, 0.25) is 0 Å². The van der Waals surface area contributed by atoms with Gasteiger partial charge in [-0.3, -0.25) is 0 Å². The van der Waals surface area contributed by atoms with Gasteiger partial charge in [0.25, 0.3) is 0 Å². The summed E-state index contributed by atoms with van der Waals surface area (Å²) in [6.45, 7) is 8.06. The first kappa shape index (κ1) is 13.0. The summed E-state index contributed by atoms with van der Waals surface area (Å²) in [5.74, 6) is 0. The van der Waals surface area contributed by atoms with Gasteiger partial charge in [0.15, 0.2) is 0 Å². The molecular formula is C13H28N2. The predicted octanol–water partition coefficient (Wildman–Crippen LogP) is 2.77. The van der Waals surface area contributed by atoms with Crippen molar-refractivity contribution in [2.45, 2.75) is 64.3 Å². The molecule has 0 amide bonds. The highest BCUT2D eigenvalue weighted by Gasteiger charge is 2.28. The first-order chi connectivity index (χ1) is 7.20. The minimum Gasteiger partial charge on any atom is -0.324 e. The minimum atomic E-state index is 0.128. The Hall–Kier alpha value is -0.0800. The lowest BCUT2D eigenvalue weighted by molar-refractivity contribution is 0.172. The second kappa shape index (κ2) is 6.49. The van der Waals surface area contributed by atoms with E-state index in [-0.39, 0.29) is 5.54 Å². The first-order valence-corrected chi connectivity index (χ1v) is 6.71. The molecule has 0 radical (unpaired) electrons. The van der Waals surface area contributed by atoms with Crippen molar-refractivity contribution in [1.29, 1.82) is 0 Å². The van der Waals surface area contributed by atoms with Crippen molar-refractivity contribution < 1.29 is 0 Å². The Morgan fingerprint density at radius 2 is 1.53 bits per heavy atom. The maximum Gasteiger partial charge on any atom is 0.0283 e. The van der Waals surface area contributed by atoms with Crippen LogP contribution in [0.5, 0.6) is 0 Å². The van der Waals surface area contributed by atoms with E-state index in [1.807, 2.05) is 0 Å². The van der Waals surface area contributed by atoms with E-state index >= 15 is 0 Å². The third-order valence-electron chi connectivity index (χ3n) is 3.47. The minimum absolute atomic E-state index is 0.128. The maximum absolute atomic E-state index is 6.48. The van der Waals surface area contributed by atoms with E-state index in [4.69, 9.17) is 5.73 Å². The predicted molar refractivity (Wildman–Crippen MR) is 67.0 cm³/mol. The van der Waals surface area contributed by atoms with Crippen LogP contribution in [0, 0.1) is 0 Å². The quantitative estimate of drug-likeness (QED) is 0.733. The average Bonchev–Trinajstić information content (AvgIpc) is 2.19. The second-order valence-electron chi connectivity index (χ2n) is 5.20. The molecule has 2 nitrogen and oxygen atoms in total. The lowest BCUT2D eigenvalue weighted by Crippen LogP contribution is -2.51. The van der Waals surface area contributed by atoms with Crippen LogP contribution in [0.1, 0.15) is 58.8 Å². The number of nitrogens with zero attached hydrogens (tertiary/aromatic N) is 1. The molecule has 0 spiro atoms. The van der Waals surface area contributed by atoms with Gasteiger partial charge in [-0.15, -0.1) is 0 Å². The van der Waals surface area contributed by atoms with Gasteiger partial charge in [-0.25, -0.2) is 0 Å². The SMILES string of the molecule is CCCN(CCC)CC1(N)CCCCC1. The molecule has 0 atom stereocenters. The van der Waals surface area contributed by atoms with Gasteiger partial charge < -0.3 is 10.6 Å². The van der Waals surface area contributed by atoms with E-state index in [9.17, 15) is 0 Å². The highest BCUT2D eigenvalue weighted by Crippen LogP contribution is 2.26. The molecule has 0 aliphatic heterocycles. The van der Waals surface area contributed by atoms with Crippen LogP contribution in [0.4, 0.5) is 0 Å². The fraction of sp³-hybridized carbons (Fsp3) is 1.00. The second-order valence-corrected chi connectivity index (χ2v) is 5.20. The summed E-state index contributed by atoms with van der Waals surface area (Å²) in [4.78, 5) is 2.56. The molecule has 1 saturated carbocycles. The number of hydrogen-bond donors (Lipinski definition) is 1. The van der Waals surface area contributed by atoms with Crippen LogP contribution < -0.4 is 5.73 Å². The molecule has 1 rings (SSSR count). The fourth-order valence-electron chi connectivity index (χ4n) is 2.76. The van der Waals surface area contributed by atoms with Crippen molar-refractivity contribution in [2.24, 2.45) is 5.73 Å². The maximum atomic E-state index is 6.48. The molecule has 2 heteroatoms. The summed E-state index contributed by atoms with van der Waals surface area (Å²) in [5, 5.41) is 0. The normalized spacial score (nSPS) is 20.8. The van der Waals surface area contributed by atoms with Crippen molar-refractivity contribution >= 4 is 0 Å². The smallest absolute Gasteiger partial charge is 0.0283 e. The van der Waals surface area contributed by atoms with Crippen LogP contribution in [-0.4, -0.2) is 30.1 Å². The zero-order valence-corrected chi connectivity index (χ0v) is 10.6. The third kappa shape index (κ3) is 4.52. The van der Waals surface area contributed by atoms with Gasteiger partial charge in [0.1, 0.15) is 0 Å². The summed E-state index contributed by atoms with van der Waals surface area (Å²) in [6.07, 6.45) is 9.02. The van der Waals surface area contributed by atoms with Gasteiger partial charge in [-0.2, -0.15) is 0 Å². The number of rotatable bonds is 6. The van der Waals surface area contributed by atoms with E-state index in [2.05, 4.69) is 18.7 Å². The van der Waals surface area contributed by atoms with E-state index in [0.717, 1.165) is 6.54 Å². The van der Waals surface area contributed by atoms with Crippen LogP contribution in [0.25, 0.3) is 0 Å². The Morgan fingerprint density at radius 1 is 1.00 bits per heavy atom. The lowest BCUT2D eigenvalue weighted by Gasteiger charge is -2.38. The van der Waals surface area contributed by atoms with Crippen molar-refractivity contribution in [3.63, 3.8) is 0 Å². The van der Waals surface area contributed by atoms with Gasteiger partial charge in [0.05, 0.1) is 0 Å². The summed E-state index contributed by atoms with van der Waals surface area (Å²) in [6, 6.07) is 0. The standard InChI is InChI=1S/C13H28N2/c1-3-10-15(11-4-2)12-13(14)8-6-5-7-9-13/h3-12,14H2,1-2H3. The highest BCUT2D eigenvalue weighted by atomic mass is 15.1. The Kier molecular flexibility index (Phi) is 5.62. The molecule has 0 bridgehead atoms. The molecule has 90 valence electrons. The zero-order valence-electron chi connectivity index (χ0n) is 10.6. The summed E-state index contributed by atoms with van der Waals surface area (Å²) in [7, 11) is 0. The number of nitrogens with two attached hydrogens (primary N) is 1. The van der Waals surface area contributed by atoms with Crippen LogP contribution >= 0.6 is 0 Å². The molecule has 0 saturated heterocycles. The molecule has 0 aromatic carbocycles. The fourth-order valence-corrected chi connectivity index (χ4v) is 2.76. The Labute approximate surface area is 95.2 Å².